The summed E-state index contributed by atoms with van der Waals surface area (Å²) >= 11 is 0. The van der Waals surface area contributed by atoms with E-state index in [0.717, 1.165) is 5.56 Å². The third kappa shape index (κ3) is 3.87. The number of hydrogen-bond acceptors (Lipinski definition) is 4. The molecule has 0 saturated heterocycles. The first-order valence-electron chi connectivity index (χ1n) is 5.96. The third-order valence-corrected chi connectivity index (χ3v) is 2.77. The highest BCUT2D eigenvalue weighted by Crippen LogP contribution is 2.19. The molecular formula is C15H16O4. The molecule has 3 N–H and O–H groups in total. The molecule has 0 heterocycles. The van der Waals surface area contributed by atoms with Gasteiger partial charge in [-0.05, 0) is 5.56 Å². The normalized spacial score (nSPS) is 12.6. The van der Waals surface area contributed by atoms with Crippen LogP contribution in [0.25, 0.3) is 0 Å². The van der Waals surface area contributed by atoms with Crippen molar-refractivity contribution in [1.82, 2.24) is 0 Å². The Kier molecular flexibility index (Phi) is 4.65. The summed E-state index contributed by atoms with van der Waals surface area (Å²) in [5.41, 5.74) is 1.92. The van der Waals surface area contributed by atoms with Gasteiger partial charge in [0.05, 0.1) is 6.61 Å². The van der Waals surface area contributed by atoms with Crippen molar-refractivity contribution in [2.75, 3.05) is 0 Å². The van der Waals surface area contributed by atoms with E-state index in [4.69, 9.17) is 14.9 Å². The highest BCUT2D eigenvalue weighted by Gasteiger charge is 2.09. The van der Waals surface area contributed by atoms with Gasteiger partial charge in [-0.3, -0.25) is 0 Å². The molecule has 2 aromatic carbocycles. The van der Waals surface area contributed by atoms with Crippen LogP contribution >= 0.6 is 0 Å². The molecule has 1 unspecified atom stereocenters. The van der Waals surface area contributed by atoms with Gasteiger partial charge in [-0.15, -0.1) is 0 Å². The standard InChI is InChI=1S/C15H16O4/c16-14(17)12-6-8-13(9-7-12)15(18)19-10-11-4-2-1-3-5-11/h1-9,14-18H,10H2. The average Bonchev–Trinajstić information content (AvgIpc) is 2.46. The van der Waals surface area contributed by atoms with Gasteiger partial charge in [0.15, 0.2) is 12.6 Å². The second kappa shape index (κ2) is 6.45. The summed E-state index contributed by atoms with van der Waals surface area (Å²) < 4.78 is 5.34. The second-order valence-electron chi connectivity index (χ2n) is 4.19. The van der Waals surface area contributed by atoms with Crippen molar-refractivity contribution < 1.29 is 20.1 Å². The summed E-state index contributed by atoms with van der Waals surface area (Å²) in [6.45, 7) is 0.312. The van der Waals surface area contributed by atoms with Crippen LogP contribution in [0.2, 0.25) is 0 Å². The van der Waals surface area contributed by atoms with E-state index in [-0.39, 0.29) is 0 Å². The van der Waals surface area contributed by atoms with Crippen molar-refractivity contribution in [1.29, 1.82) is 0 Å². The van der Waals surface area contributed by atoms with Gasteiger partial charge in [-0.1, -0.05) is 54.6 Å². The lowest BCUT2D eigenvalue weighted by Gasteiger charge is -2.13. The molecule has 0 radical (unpaired) electrons. The fourth-order valence-electron chi connectivity index (χ4n) is 1.68. The Hall–Kier alpha value is -1.72. The lowest BCUT2D eigenvalue weighted by atomic mass is 10.1. The van der Waals surface area contributed by atoms with E-state index in [0.29, 0.717) is 17.7 Å². The van der Waals surface area contributed by atoms with Crippen LogP contribution in [0.3, 0.4) is 0 Å². The summed E-state index contributed by atoms with van der Waals surface area (Å²) in [7, 11) is 0. The summed E-state index contributed by atoms with van der Waals surface area (Å²) in [5.74, 6) is 0. The number of rotatable bonds is 5. The Bertz CT molecular complexity index is 493. The minimum absolute atomic E-state index is 0.312. The van der Waals surface area contributed by atoms with Gasteiger partial charge in [-0.2, -0.15) is 0 Å². The van der Waals surface area contributed by atoms with Crippen LogP contribution < -0.4 is 0 Å². The largest absolute Gasteiger partial charge is 0.364 e. The Morgan fingerprint density at radius 3 is 1.95 bits per heavy atom. The predicted molar refractivity (Wildman–Crippen MR) is 69.8 cm³/mol. The van der Waals surface area contributed by atoms with Crippen molar-refractivity contribution in [2.45, 2.75) is 19.2 Å². The average molecular weight is 260 g/mol. The number of aliphatic hydroxyl groups excluding tert-OH is 2. The highest BCUT2D eigenvalue weighted by molar-refractivity contribution is 5.24. The van der Waals surface area contributed by atoms with Gasteiger partial charge in [0.25, 0.3) is 0 Å². The first-order valence-corrected chi connectivity index (χ1v) is 5.96. The maximum absolute atomic E-state index is 9.86. The molecule has 0 saturated carbocycles. The fourth-order valence-corrected chi connectivity index (χ4v) is 1.68. The molecule has 0 spiro atoms. The lowest BCUT2D eigenvalue weighted by molar-refractivity contribution is -0.112. The van der Waals surface area contributed by atoms with Crippen molar-refractivity contribution >= 4 is 0 Å². The van der Waals surface area contributed by atoms with E-state index in [2.05, 4.69) is 0 Å². The van der Waals surface area contributed by atoms with Gasteiger partial charge >= 0.3 is 0 Å². The zero-order valence-electron chi connectivity index (χ0n) is 10.3. The van der Waals surface area contributed by atoms with Crippen molar-refractivity contribution in [3.63, 3.8) is 0 Å². The second-order valence-corrected chi connectivity index (χ2v) is 4.19. The Labute approximate surface area is 111 Å². The van der Waals surface area contributed by atoms with E-state index in [1.54, 1.807) is 12.1 Å². The zero-order valence-corrected chi connectivity index (χ0v) is 10.3. The molecule has 19 heavy (non-hydrogen) atoms. The zero-order chi connectivity index (χ0) is 13.7. The van der Waals surface area contributed by atoms with Crippen molar-refractivity contribution in [2.24, 2.45) is 0 Å². The molecule has 2 rings (SSSR count). The SMILES string of the molecule is OC(O)c1ccc(C(O)OCc2ccccc2)cc1. The molecular weight excluding hydrogens is 244 g/mol. The Morgan fingerprint density at radius 2 is 1.37 bits per heavy atom. The minimum Gasteiger partial charge on any atom is -0.364 e. The first kappa shape index (κ1) is 13.7. The highest BCUT2D eigenvalue weighted by atomic mass is 16.6. The van der Waals surface area contributed by atoms with Crippen LogP contribution in [0.4, 0.5) is 0 Å². The lowest BCUT2D eigenvalue weighted by Crippen LogP contribution is -2.04. The summed E-state index contributed by atoms with van der Waals surface area (Å²) in [5, 5.41) is 27.8. The van der Waals surface area contributed by atoms with Crippen LogP contribution in [0, 0.1) is 0 Å². The van der Waals surface area contributed by atoms with Gasteiger partial charge in [0.1, 0.15) is 0 Å². The molecule has 4 heteroatoms. The van der Waals surface area contributed by atoms with Crippen LogP contribution in [0.15, 0.2) is 54.6 Å². The number of aliphatic hydroxyl groups is 3. The molecule has 0 amide bonds. The number of hydrogen-bond donors (Lipinski definition) is 3. The van der Waals surface area contributed by atoms with Crippen molar-refractivity contribution in [3.8, 4) is 0 Å². The van der Waals surface area contributed by atoms with Crippen LogP contribution in [0.5, 0.6) is 0 Å². The quantitative estimate of drug-likeness (QED) is 0.718. The van der Waals surface area contributed by atoms with Crippen LogP contribution in [-0.2, 0) is 11.3 Å². The predicted octanol–water partition coefficient (Wildman–Crippen LogP) is 1.88. The summed E-state index contributed by atoms with van der Waals surface area (Å²) in [4.78, 5) is 0. The first-order chi connectivity index (χ1) is 9.16. The van der Waals surface area contributed by atoms with Crippen LogP contribution in [-0.4, -0.2) is 15.3 Å². The van der Waals surface area contributed by atoms with Crippen molar-refractivity contribution in [3.05, 3.63) is 71.3 Å². The molecule has 0 aliphatic heterocycles. The topological polar surface area (TPSA) is 69.9 Å². The summed E-state index contributed by atoms with van der Waals surface area (Å²) in [6.07, 6.45) is -2.54. The maximum Gasteiger partial charge on any atom is 0.181 e. The maximum atomic E-state index is 9.86. The van der Waals surface area contributed by atoms with E-state index in [9.17, 15) is 5.11 Å². The molecule has 0 aliphatic rings. The molecule has 2 aromatic rings. The van der Waals surface area contributed by atoms with E-state index in [1.807, 2.05) is 30.3 Å². The van der Waals surface area contributed by atoms with E-state index < -0.39 is 12.6 Å². The third-order valence-electron chi connectivity index (χ3n) is 2.77. The van der Waals surface area contributed by atoms with E-state index >= 15 is 0 Å². The minimum atomic E-state index is -1.50. The molecule has 0 bridgehead atoms. The van der Waals surface area contributed by atoms with Gasteiger partial charge in [0.2, 0.25) is 0 Å². The Balaban J connectivity index is 1.94. The fraction of sp³-hybridized carbons (Fsp3) is 0.200. The molecule has 1 atom stereocenters. The van der Waals surface area contributed by atoms with Crippen LogP contribution in [0.1, 0.15) is 29.3 Å². The smallest absolute Gasteiger partial charge is 0.181 e. The number of benzene rings is 2. The molecule has 0 aliphatic carbocycles. The van der Waals surface area contributed by atoms with Gasteiger partial charge < -0.3 is 20.1 Å². The molecule has 0 aromatic heterocycles. The Morgan fingerprint density at radius 1 is 0.789 bits per heavy atom. The van der Waals surface area contributed by atoms with Gasteiger partial charge in [-0.25, -0.2) is 0 Å². The monoisotopic (exact) mass is 260 g/mol. The van der Waals surface area contributed by atoms with Gasteiger partial charge in [0, 0.05) is 11.1 Å². The van der Waals surface area contributed by atoms with E-state index in [1.165, 1.54) is 12.1 Å². The summed E-state index contributed by atoms with van der Waals surface area (Å²) in [6, 6.07) is 15.8. The number of ether oxygens (including phenoxy) is 1. The molecule has 4 nitrogen and oxygen atoms in total. The molecule has 100 valence electrons. The molecule has 0 fully saturated rings.